The minimum absolute atomic E-state index is 0. The summed E-state index contributed by atoms with van der Waals surface area (Å²) in [5.74, 6) is 1.14. The van der Waals surface area contributed by atoms with E-state index in [1.54, 1.807) is 12.1 Å². The van der Waals surface area contributed by atoms with Crippen LogP contribution in [0.1, 0.15) is 5.56 Å². The van der Waals surface area contributed by atoms with Gasteiger partial charge in [-0.2, -0.15) is 0 Å². The summed E-state index contributed by atoms with van der Waals surface area (Å²) in [5, 5.41) is 3.72. The number of ether oxygens (including phenoxy) is 1. The van der Waals surface area contributed by atoms with E-state index in [1.165, 1.54) is 5.56 Å². The van der Waals surface area contributed by atoms with Crippen LogP contribution in [0.2, 0.25) is 5.02 Å². The number of nitrogens with two attached hydrogens (primary N) is 1. The van der Waals surface area contributed by atoms with Gasteiger partial charge in [-0.25, -0.2) is 4.99 Å². The smallest absolute Gasteiger partial charge is 0.193 e. The zero-order valence-corrected chi connectivity index (χ0v) is 15.3. The average Bonchev–Trinajstić information content (AvgIpc) is 2.48. The summed E-state index contributed by atoms with van der Waals surface area (Å²) in [6.07, 6.45) is 0. The molecular formula is C16H19ClIN3O. The standard InChI is InChI=1S/C16H18ClN3O.HI/c1-12-2-6-14(7-3-12)20-16(18)19-10-11-21-15-8-4-13(17)5-9-15;/h2-9H,10-11H2,1H3,(H3,18,19,20);1H. The molecule has 0 heterocycles. The number of aryl methyl sites for hydroxylation is 1. The first-order valence-electron chi connectivity index (χ1n) is 6.65. The Balaban J connectivity index is 0.00000242. The molecule has 2 aromatic carbocycles. The summed E-state index contributed by atoms with van der Waals surface area (Å²) in [7, 11) is 0. The van der Waals surface area contributed by atoms with Gasteiger partial charge in [0.15, 0.2) is 5.96 Å². The Morgan fingerprint density at radius 3 is 2.41 bits per heavy atom. The molecule has 0 amide bonds. The fraction of sp³-hybridized carbons (Fsp3) is 0.188. The number of hydrogen-bond acceptors (Lipinski definition) is 2. The number of guanidine groups is 1. The zero-order valence-electron chi connectivity index (χ0n) is 12.3. The van der Waals surface area contributed by atoms with Gasteiger partial charge in [-0.15, -0.1) is 24.0 Å². The maximum absolute atomic E-state index is 5.81. The maximum atomic E-state index is 5.81. The van der Waals surface area contributed by atoms with Crippen molar-refractivity contribution in [2.75, 3.05) is 18.5 Å². The normalized spacial score (nSPS) is 10.7. The highest BCUT2D eigenvalue weighted by molar-refractivity contribution is 14.0. The minimum atomic E-state index is 0. The third-order valence-electron chi connectivity index (χ3n) is 2.78. The zero-order chi connectivity index (χ0) is 15.1. The highest BCUT2D eigenvalue weighted by Crippen LogP contribution is 2.15. The van der Waals surface area contributed by atoms with Crippen LogP contribution in [0.25, 0.3) is 0 Å². The second-order valence-corrected chi connectivity index (χ2v) is 5.00. The lowest BCUT2D eigenvalue weighted by Gasteiger charge is -2.07. The lowest BCUT2D eigenvalue weighted by molar-refractivity contribution is 0.329. The van der Waals surface area contributed by atoms with Gasteiger partial charge < -0.3 is 15.8 Å². The Hall–Kier alpha value is -1.47. The lowest BCUT2D eigenvalue weighted by Crippen LogP contribution is -2.23. The van der Waals surface area contributed by atoms with Crippen LogP contribution < -0.4 is 15.8 Å². The number of hydrogen-bond donors (Lipinski definition) is 2. The molecule has 3 N–H and O–H groups in total. The van der Waals surface area contributed by atoms with Gasteiger partial charge >= 0.3 is 0 Å². The first kappa shape index (κ1) is 18.6. The van der Waals surface area contributed by atoms with Crippen molar-refractivity contribution >= 4 is 47.2 Å². The number of nitrogens with zero attached hydrogens (tertiary/aromatic N) is 1. The second kappa shape index (κ2) is 9.53. The van der Waals surface area contributed by atoms with Gasteiger partial charge in [0, 0.05) is 10.7 Å². The molecule has 0 aliphatic carbocycles. The Morgan fingerprint density at radius 1 is 1.14 bits per heavy atom. The number of rotatable bonds is 5. The molecule has 22 heavy (non-hydrogen) atoms. The molecule has 6 heteroatoms. The van der Waals surface area contributed by atoms with E-state index in [4.69, 9.17) is 22.1 Å². The molecule has 2 rings (SSSR count). The largest absolute Gasteiger partial charge is 0.492 e. The highest BCUT2D eigenvalue weighted by atomic mass is 127. The van der Waals surface area contributed by atoms with Crippen LogP contribution in [0.15, 0.2) is 53.5 Å². The van der Waals surface area contributed by atoms with Crippen LogP contribution in [0.3, 0.4) is 0 Å². The van der Waals surface area contributed by atoms with E-state index in [9.17, 15) is 0 Å². The Kier molecular flexibility index (Phi) is 8.05. The van der Waals surface area contributed by atoms with Gasteiger partial charge in [-0.1, -0.05) is 29.3 Å². The van der Waals surface area contributed by atoms with Crippen molar-refractivity contribution in [3.63, 3.8) is 0 Å². The average molecular weight is 432 g/mol. The number of nitrogens with one attached hydrogen (secondary N) is 1. The first-order chi connectivity index (χ1) is 10.1. The highest BCUT2D eigenvalue weighted by Gasteiger charge is 1.96. The molecule has 0 unspecified atom stereocenters. The van der Waals surface area contributed by atoms with Gasteiger partial charge in [0.25, 0.3) is 0 Å². The van der Waals surface area contributed by atoms with Crippen molar-refractivity contribution in [2.45, 2.75) is 6.92 Å². The Labute approximate surface area is 152 Å². The van der Waals surface area contributed by atoms with E-state index in [-0.39, 0.29) is 24.0 Å². The summed E-state index contributed by atoms with van der Waals surface area (Å²) < 4.78 is 5.53. The Bertz CT molecular complexity index is 600. The summed E-state index contributed by atoms with van der Waals surface area (Å²) in [6.45, 7) is 2.97. The van der Waals surface area contributed by atoms with Crippen LogP contribution in [0.4, 0.5) is 5.69 Å². The van der Waals surface area contributed by atoms with Crippen molar-refractivity contribution in [2.24, 2.45) is 10.7 Å². The summed E-state index contributed by atoms with van der Waals surface area (Å²) in [4.78, 5) is 4.21. The van der Waals surface area contributed by atoms with E-state index in [1.807, 2.05) is 43.3 Å². The van der Waals surface area contributed by atoms with Gasteiger partial charge in [0.05, 0.1) is 6.54 Å². The molecule has 0 bridgehead atoms. The van der Waals surface area contributed by atoms with E-state index in [0.717, 1.165) is 11.4 Å². The number of aliphatic imine (C=N–C) groups is 1. The minimum Gasteiger partial charge on any atom is -0.492 e. The van der Waals surface area contributed by atoms with Crippen molar-refractivity contribution in [3.8, 4) is 5.75 Å². The molecule has 0 radical (unpaired) electrons. The van der Waals surface area contributed by atoms with Gasteiger partial charge in [0.1, 0.15) is 12.4 Å². The molecule has 0 atom stereocenters. The van der Waals surface area contributed by atoms with Gasteiger partial charge in [0.2, 0.25) is 0 Å². The quantitative estimate of drug-likeness (QED) is 0.325. The van der Waals surface area contributed by atoms with Gasteiger partial charge in [-0.05, 0) is 43.3 Å². The van der Waals surface area contributed by atoms with Crippen LogP contribution in [0, 0.1) is 6.92 Å². The molecule has 0 aromatic heterocycles. The van der Waals surface area contributed by atoms with E-state index < -0.39 is 0 Å². The van der Waals surface area contributed by atoms with Crippen LogP contribution in [0.5, 0.6) is 5.75 Å². The molecule has 0 aliphatic rings. The molecule has 118 valence electrons. The maximum Gasteiger partial charge on any atom is 0.193 e. The molecule has 0 fully saturated rings. The molecule has 0 saturated heterocycles. The van der Waals surface area contributed by atoms with E-state index in [0.29, 0.717) is 24.1 Å². The second-order valence-electron chi connectivity index (χ2n) is 4.56. The van der Waals surface area contributed by atoms with E-state index in [2.05, 4.69) is 10.3 Å². The predicted molar refractivity (Wildman–Crippen MR) is 104 cm³/mol. The first-order valence-corrected chi connectivity index (χ1v) is 7.03. The fourth-order valence-electron chi connectivity index (χ4n) is 1.68. The summed E-state index contributed by atoms with van der Waals surface area (Å²) in [6, 6.07) is 15.2. The van der Waals surface area contributed by atoms with Crippen molar-refractivity contribution in [3.05, 3.63) is 59.1 Å². The summed E-state index contributed by atoms with van der Waals surface area (Å²) in [5.41, 5.74) is 7.93. The SMILES string of the molecule is Cc1ccc(NC(N)=NCCOc2ccc(Cl)cc2)cc1.I. The van der Waals surface area contributed by atoms with Crippen LogP contribution in [-0.2, 0) is 0 Å². The lowest BCUT2D eigenvalue weighted by atomic mass is 10.2. The van der Waals surface area contributed by atoms with Crippen molar-refractivity contribution in [1.82, 2.24) is 0 Å². The summed E-state index contributed by atoms with van der Waals surface area (Å²) >= 11 is 5.80. The molecule has 0 aliphatic heterocycles. The van der Waals surface area contributed by atoms with Crippen molar-refractivity contribution in [1.29, 1.82) is 0 Å². The molecule has 4 nitrogen and oxygen atoms in total. The van der Waals surface area contributed by atoms with E-state index >= 15 is 0 Å². The topological polar surface area (TPSA) is 59.6 Å². The predicted octanol–water partition coefficient (Wildman–Crippen LogP) is 4.07. The van der Waals surface area contributed by atoms with Gasteiger partial charge in [-0.3, -0.25) is 0 Å². The van der Waals surface area contributed by atoms with Crippen LogP contribution in [-0.4, -0.2) is 19.1 Å². The fourth-order valence-corrected chi connectivity index (χ4v) is 1.81. The number of halogens is 2. The molecular weight excluding hydrogens is 413 g/mol. The monoisotopic (exact) mass is 431 g/mol. The Morgan fingerprint density at radius 2 is 1.77 bits per heavy atom. The molecule has 0 spiro atoms. The van der Waals surface area contributed by atoms with Crippen molar-refractivity contribution < 1.29 is 4.74 Å². The number of anilines is 1. The van der Waals surface area contributed by atoms with Crippen LogP contribution >= 0.6 is 35.6 Å². The molecule has 2 aromatic rings. The third kappa shape index (κ3) is 6.53. The third-order valence-corrected chi connectivity index (χ3v) is 3.03. The number of benzene rings is 2. The molecule has 0 saturated carbocycles.